The number of likely N-dealkylation sites (tertiary alicyclic amines) is 1. The Labute approximate surface area is 362 Å². The number of hydroxylamine groups is 2. The molecule has 4 aromatic rings. The fourth-order valence-electron chi connectivity index (χ4n) is 8.01. The van der Waals surface area contributed by atoms with Gasteiger partial charge in [0.2, 0.25) is 10.0 Å². The number of benzene rings is 4. The number of quaternary nitrogens is 1. The first-order valence-electron chi connectivity index (χ1n) is 19.5. The van der Waals surface area contributed by atoms with Crippen molar-refractivity contribution in [3.63, 3.8) is 0 Å². The summed E-state index contributed by atoms with van der Waals surface area (Å²) in [5, 5.41) is 18.9. The average molecular weight is 902 g/mol. The van der Waals surface area contributed by atoms with Crippen LogP contribution in [0.1, 0.15) is 50.0 Å². The minimum atomic E-state index is -4.03. The number of methoxy groups -OCH3 is 2. The van der Waals surface area contributed by atoms with Crippen LogP contribution in [0.15, 0.2) is 124 Å². The Morgan fingerprint density at radius 1 is 0.750 bits per heavy atom. The Balaban J connectivity index is 0.000000228. The summed E-state index contributed by atoms with van der Waals surface area (Å²) in [6.07, 6.45) is 4.18. The lowest BCUT2D eigenvalue weighted by molar-refractivity contribution is -0.810. The molecule has 60 heavy (non-hydrogen) atoms. The zero-order valence-corrected chi connectivity index (χ0v) is 36.8. The monoisotopic (exact) mass is 901 g/mol. The van der Waals surface area contributed by atoms with E-state index in [1.165, 1.54) is 42.8 Å². The molecule has 14 nitrogen and oxygen atoms in total. The largest absolute Gasteiger partial charge is 0.497 e. The van der Waals surface area contributed by atoms with E-state index in [9.17, 15) is 36.8 Å². The third-order valence-corrected chi connectivity index (χ3v) is 17.2. The molecular weight excluding hydrogens is 849 g/mol. The minimum absolute atomic E-state index is 0.0850. The van der Waals surface area contributed by atoms with Gasteiger partial charge in [0.25, 0.3) is 5.91 Å². The van der Waals surface area contributed by atoms with Gasteiger partial charge in [-0.2, -0.15) is 16.6 Å². The van der Waals surface area contributed by atoms with Crippen molar-refractivity contribution in [2.75, 3.05) is 38.9 Å². The minimum Gasteiger partial charge on any atom is -0.497 e. The van der Waals surface area contributed by atoms with Gasteiger partial charge in [-0.05, 0) is 104 Å². The number of thioether (sulfide) groups is 1. The number of carbonyl (C=O) groups is 2. The molecule has 0 aliphatic carbocycles. The number of hydrogen-bond donors (Lipinski definition) is 5. The summed E-state index contributed by atoms with van der Waals surface area (Å²) in [5.41, 5.74) is 4.27. The Hall–Kier alpha value is -4.14. The van der Waals surface area contributed by atoms with E-state index in [2.05, 4.69) is 12.6 Å². The van der Waals surface area contributed by atoms with E-state index in [1.807, 2.05) is 60.7 Å². The van der Waals surface area contributed by atoms with E-state index in [1.54, 1.807) is 47.0 Å². The van der Waals surface area contributed by atoms with Gasteiger partial charge < -0.3 is 9.47 Å². The normalized spacial score (nSPS) is 22.5. The van der Waals surface area contributed by atoms with E-state index >= 15 is 0 Å². The fraction of sp³-hybridized carbons (Fsp3) is 0.381. The SMILES string of the molecule is COc1ccc(S(=O)(=O)N2CCCCC(CSc3ccccc3)C2C(=O)NO)cc1.COc1ccc(S(=O)(=O)[N+]2(CS)CCCCC(c3ccccc3)C2C(=O)NO)cc1. The van der Waals surface area contributed by atoms with Gasteiger partial charge in [0, 0.05) is 23.1 Å². The Morgan fingerprint density at radius 3 is 1.85 bits per heavy atom. The lowest BCUT2D eigenvalue weighted by atomic mass is 9.87. The molecule has 0 bridgehead atoms. The van der Waals surface area contributed by atoms with Crippen LogP contribution in [0.3, 0.4) is 0 Å². The van der Waals surface area contributed by atoms with Crippen molar-refractivity contribution in [1.29, 1.82) is 0 Å². The molecule has 0 radical (unpaired) electrons. The summed E-state index contributed by atoms with van der Waals surface area (Å²) in [7, 11) is -4.95. The van der Waals surface area contributed by atoms with Gasteiger partial charge in [0.1, 0.15) is 28.3 Å². The molecule has 18 heteroatoms. The number of amides is 2. The van der Waals surface area contributed by atoms with Gasteiger partial charge in [-0.25, -0.2) is 19.4 Å². The summed E-state index contributed by atoms with van der Waals surface area (Å²) in [6, 6.07) is 29.3. The van der Waals surface area contributed by atoms with Crippen LogP contribution in [0.5, 0.6) is 11.5 Å². The number of thiol groups is 1. The summed E-state index contributed by atoms with van der Waals surface area (Å²) >= 11 is 6.01. The quantitative estimate of drug-likeness (QED) is 0.0344. The predicted octanol–water partition coefficient (Wildman–Crippen LogP) is 6.08. The van der Waals surface area contributed by atoms with E-state index in [4.69, 9.17) is 9.47 Å². The smallest absolute Gasteiger partial charge is 0.328 e. The summed E-state index contributed by atoms with van der Waals surface area (Å²) in [6.45, 7) is 0.443. The molecule has 2 heterocycles. The molecule has 2 fully saturated rings. The van der Waals surface area contributed by atoms with Crippen molar-refractivity contribution >= 4 is 56.3 Å². The molecule has 2 aliphatic heterocycles. The second-order valence-electron chi connectivity index (χ2n) is 14.5. The molecule has 6 rings (SSSR count). The highest BCUT2D eigenvalue weighted by atomic mass is 32.2. The third-order valence-electron chi connectivity index (χ3n) is 11.1. The van der Waals surface area contributed by atoms with Gasteiger partial charge in [-0.1, -0.05) is 55.0 Å². The molecule has 2 aliphatic rings. The summed E-state index contributed by atoms with van der Waals surface area (Å²) < 4.78 is 65.6. The van der Waals surface area contributed by atoms with Crippen LogP contribution in [0.4, 0.5) is 0 Å². The van der Waals surface area contributed by atoms with Gasteiger partial charge in [-0.15, -0.1) is 24.4 Å². The van der Waals surface area contributed by atoms with E-state index in [-0.39, 0.29) is 40.6 Å². The average Bonchev–Trinajstić information content (AvgIpc) is 3.64. The second-order valence-corrected chi connectivity index (χ2v) is 19.9. The Bertz CT molecular complexity index is 2220. The first-order chi connectivity index (χ1) is 28.9. The molecule has 5 atom stereocenters. The third kappa shape index (κ3) is 10.5. The van der Waals surface area contributed by atoms with Gasteiger partial charge >= 0.3 is 15.9 Å². The highest BCUT2D eigenvalue weighted by Crippen LogP contribution is 2.42. The number of nitrogens with one attached hydrogen (secondary N) is 2. The number of carbonyl (C=O) groups excluding carboxylic acids is 2. The fourth-order valence-corrected chi connectivity index (χ4v) is 13.5. The lowest BCUT2D eigenvalue weighted by Crippen LogP contribution is -2.64. The van der Waals surface area contributed by atoms with Crippen LogP contribution in [-0.4, -0.2) is 98.3 Å². The second kappa shape index (κ2) is 21.6. The summed E-state index contributed by atoms with van der Waals surface area (Å²) in [4.78, 5) is 26.8. The standard InChI is InChI=1S/2C21H26N2O5S2/c1-28-17-10-12-19(13-11-17)30(26,27)23-14-6-5-7-16(20(23)21(24)22-25)15-29-18-8-3-2-4-9-18;1-28-17-10-12-18(13-11-17)30(26,27)23(15-29)14-6-5-9-19(20(23)21(24)22-25)16-7-3-2-4-8-16/h2-4,8-13,16,20,25H,5-7,14-15H2,1H3,(H,22,24);2-4,7-8,10-13,19-20H,5-6,9,14-15H2,1H3,(H2-,22,24,25,29)/p+1. The molecule has 324 valence electrons. The summed E-state index contributed by atoms with van der Waals surface area (Å²) in [5.74, 6) is -0.504. The maximum Gasteiger partial charge on any atom is 0.328 e. The Kier molecular flexibility index (Phi) is 16.9. The molecule has 0 aromatic heterocycles. The van der Waals surface area contributed by atoms with Crippen LogP contribution in [0, 0.1) is 5.92 Å². The zero-order chi connectivity index (χ0) is 43.3. The first-order valence-corrected chi connectivity index (χ1v) is 24.0. The Morgan fingerprint density at radius 2 is 1.30 bits per heavy atom. The molecular formula is C42H53N4O10S4+. The molecule has 4 aromatic carbocycles. The first kappa shape index (κ1) is 46.9. The number of hydrogen-bond acceptors (Lipinski definition) is 12. The van der Waals surface area contributed by atoms with Crippen LogP contribution < -0.4 is 20.4 Å². The van der Waals surface area contributed by atoms with Crippen molar-refractivity contribution in [1.82, 2.24) is 15.3 Å². The van der Waals surface area contributed by atoms with Crippen molar-refractivity contribution in [2.24, 2.45) is 5.92 Å². The maximum absolute atomic E-state index is 13.9. The van der Waals surface area contributed by atoms with E-state index < -0.39 is 47.8 Å². The van der Waals surface area contributed by atoms with Gasteiger partial charge in [0.15, 0.2) is 6.04 Å². The van der Waals surface area contributed by atoms with Gasteiger partial charge in [0.05, 0.1) is 25.7 Å². The number of ether oxygens (including phenoxy) is 2. The number of nitrogens with zero attached hydrogens (tertiary/aromatic N) is 2. The highest BCUT2D eigenvalue weighted by Gasteiger charge is 2.56. The molecule has 2 saturated heterocycles. The highest BCUT2D eigenvalue weighted by molar-refractivity contribution is 7.99. The number of rotatable bonds is 13. The topological polar surface area (TPSA) is 189 Å². The van der Waals surface area contributed by atoms with Crippen LogP contribution in [0.2, 0.25) is 0 Å². The number of sulfonamides is 2. The zero-order valence-electron chi connectivity index (χ0n) is 33.5. The van der Waals surface area contributed by atoms with Crippen LogP contribution in [-0.2, 0) is 29.6 Å². The van der Waals surface area contributed by atoms with Gasteiger partial charge in [-0.3, -0.25) is 20.0 Å². The molecule has 0 spiro atoms. The van der Waals surface area contributed by atoms with E-state index in [0.29, 0.717) is 42.9 Å². The van der Waals surface area contributed by atoms with Crippen molar-refractivity contribution < 1.29 is 50.2 Å². The van der Waals surface area contributed by atoms with Crippen LogP contribution >= 0.6 is 24.4 Å². The molecule has 4 N–H and O–H groups in total. The van der Waals surface area contributed by atoms with E-state index in [0.717, 1.165) is 23.3 Å². The van der Waals surface area contributed by atoms with Crippen molar-refractivity contribution in [3.8, 4) is 11.5 Å². The van der Waals surface area contributed by atoms with Crippen molar-refractivity contribution in [2.45, 2.75) is 71.2 Å². The maximum atomic E-state index is 13.9. The molecule has 5 unspecified atom stereocenters. The van der Waals surface area contributed by atoms with Crippen LogP contribution in [0.25, 0.3) is 0 Å². The molecule has 0 saturated carbocycles. The predicted molar refractivity (Wildman–Crippen MR) is 231 cm³/mol. The van der Waals surface area contributed by atoms with Crippen molar-refractivity contribution in [3.05, 3.63) is 115 Å². The molecule has 2 amide bonds. The lowest BCUT2D eigenvalue weighted by Gasteiger charge is -2.42.